The molecule has 2 nitrogen and oxygen atoms in total. The highest BCUT2D eigenvalue weighted by Crippen LogP contribution is 2.26. The minimum Gasteiger partial charge on any atom is -0.394 e. The number of hydrogen-bond donors (Lipinski definition) is 1. The zero-order chi connectivity index (χ0) is 10.9. The highest BCUT2D eigenvalue weighted by atomic mass is 16.6. The molecule has 1 saturated heterocycles. The van der Waals surface area contributed by atoms with Crippen molar-refractivity contribution in [3.63, 3.8) is 0 Å². The molecule has 15 heavy (non-hydrogen) atoms. The lowest BCUT2D eigenvalue weighted by atomic mass is 10.1. The quantitative estimate of drug-likeness (QED) is 0.447. The smallest absolute Gasteiger partial charge is 0.107 e. The topological polar surface area (TPSA) is 32.8 Å². The molecule has 1 heterocycles. The fourth-order valence-corrected chi connectivity index (χ4v) is 2.07. The highest BCUT2D eigenvalue weighted by Gasteiger charge is 2.36. The van der Waals surface area contributed by atoms with Gasteiger partial charge in [0.1, 0.15) is 6.10 Å². The van der Waals surface area contributed by atoms with Gasteiger partial charge in [0.2, 0.25) is 0 Å². The van der Waals surface area contributed by atoms with Crippen molar-refractivity contribution in [2.24, 2.45) is 0 Å². The first kappa shape index (κ1) is 13.0. The van der Waals surface area contributed by atoms with Crippen molar-refractivity contribution in [1.29, 1.82) is 0 Å². The van der Waals surface area contributed by atoms with Crippen LogP contribution in [0.25, 0.3) is 0 Å². The summed E-state index contributed by atoms with van der Waals surface area (Å²) in [7, 11) is 0. The maximum absolute atomic E-state index is 8.77. The Labute approximate surface area is 94.0 Å². The molecule has 1 rings (SSSR count). The molecule has 0 aromatic carbocycles. The maximum atomic E-state index is 8.77. The fraction of sp³-hybridized carbons (Fsp3) is 1.00. The van der Waals surface area contributed by atoms with E-state index in [9.17, 15) is 0 Å². The van der Waals surface area contributed by atoms with E-state index in [0.717, 1.165) is 6.42 Å². The minimum atomic E-state index is 0.176. The molecule has 2 atom stereocenters. The molecule has 90 valence electrons. The summed E-state index contributed by atoms with van der Waals surface area (Å²) in [6, 6.07) is 0. The molecule has 0 radical (unpaired) electrons. The molecule has 1 aliphatic rings. The number of aliphatic hydroxyl groups is 1. The number of epoxide rings is 1. The lowest BCUT2D eigenvalue weighted by Crippen LogP contribution is -1.98. The Balaban J connectivity index is 1.71. The zero-order valence-electron chi connectivity index (χ0n) is 10.1. The van der Waals surface area contributed by atoms with Gasteiger partial charge in [0, 0.05) is 0 Å². The Bertz CT molecular complexity index is 147. The van der Waals surface area contributed by atoms with Crippen molar-refractivity contribution in [3.8, 4) is 0 Å². The summed E-state index contributed by atoms with van der Waals surface area (Å²) in [4.78, 5) is 0. The van der Waals surface area contributed by atoms with Crippen LogP contribution >= 0.6 is 0 Å². The standard InChI is InChI=1S/C13H26O2/c1-2-3-4-5-6-7-8-9-10-12-13(11-14)15-12/h12-14H,2-11H2,1H3/t12?,13-/m0/s1. The molecule has 1 fully saturated rings. The van der Waals surface area contributed by atoms with Crippen LogP contribution < -0.4 is 0 Å². The van der Waals surface area contributed by atoms with Crippen LogP contribution in [0.15, 0.2) is 0 Å². The third-order valence-corrected chi connectivity index (χ3v) is 3.21. The second-order valence-corrected chi connectivity index (χ2v) is 4.66. The predicted octanol–water partition coefficient (Wildman–Crippen LogP) is 3.28. The average Bonchev–Trinajstić information content (AvgIpc) is 3.01. The SMILES string of the molecule is CCCCCCCCCCC1O[C@H]1CO. The van der Waals surface area contributed by atoms with E-state index in [-0.39, 0.29) is 12.7 Å². The van der Waals surface area contributed by atoms with Crippen LogP contribution in [0.5, 0.6) is 0 Å². The number of rotatable bonds is 10. The van der Waals surface area contributed by atoms with Crippen LogP contribution in [0, 0.1) is 0 Å². The summed E-state index contributed by atoms with van der Waals surface area (Å²) in [6.45, 7) is 2.47. The van der Waals surface area contributed by atoms with Gasteiger partial charge in [-0.1, -0.05) is 58.3 Å². The first-order valence-corrected chi connectivity index (χ1v) is 6.64. The molecular weight excluding hydrogens is 188 g/mol. The Morgan fingerprint density at radius 1 is 0.867 bits per heavy atom. The van der Waals surface area contributed by atoms with E-state index in [0.29, 0.717) is 6.10 Å². The van der Waals surface area contributed by atoms with Gasteiger partial charge < -0.3 is 9.84 Å². The maximum Gasteiger partial charge on any atom is 0.107 e. The molecule has 0 aromatic rings. The van der Waals surface area contributed by atoms with Gasteiger partial charge in [-0.15, -0.1) is 0 Å². The Morgan fingerprint density at radius 2 is 1.47 bits per heavy atom. The molecule has 0 spiro atoms. The van der Waals surface area contributed by atoms with Gasteiger partial charge in [0.15, 0.2) is 0 Å². The third kappa shape index (κ3) is 6.16. The van der Waals surface area contributed by atoms with E-state index in [1.54, 1.807) is 0 Å². The van der Waals surface area contributed by atoms with Gasteiger partial charge in [-0.05, 0) is 6.42 Å². The van der Waals surface area contributed by atoms with E-state index in [1.807, 2.05) is 0 Å². The van der Waals surface area contributed by atoms with Crippen LogP contribution in [0.3, 0.4) is 0 Å². The lowest BCUT2D eigenvalue weighted by Gasteiger charge is -2.00. The molecule has 1 unspecified atom stereocenters. The largest absolute Gasteiger partial charge is 0.394 e. The summed E-state index contributed by atoms with van der Waals surface area (Å²) in [5.74, 6) is 0. The minimum absolute atomic E-state index is 0.176. The van der Waals surface area contributed by atoms with Crippen LogP contribution in [0.2, 0.25) is 0 Å². The van der Waals surface area contributed by atoms with Crippen LogP contribution in [-0.4, -0.2) is 23.9 Å². The molecule has 0 saturated carbocycles. The molecule has 2 heteroatoms. The summed E-state index contributed by atoms with van der Waals surface area (Å²) in [5, 5.41) is 8.77. The fourth-order valence-electron chi connectivity index (χ4n) is 2.07. The van der Waals surface area contributed by atoms with E-state index in [1.165, 1.54) is 51.4 Å². The van der Waals surface area contributed by atoms with Crippen molar-refractivity contribution in [1.82, 2.24) is 0 Å². The third-order valence-electron chi connectivity index (χ3n) is 3.21. The molecule has 0 aromatic heterocycles. The lowest BCUT2D eigenvalue weighted by molar-refractivity contribution is 0.241. The predicted molar refractivity (Wildman–Crippen MR) is 63.0 cm³/mol. The summed E-state index contributed by atoms with van der Waals surface area (Å²) < 4.78 is 5.28. The zero-order valence-corrected chi connectivity index (χ0v) is 10.1. The summed E-state index contributed by atoms with van der Waals surface area (Å²) in [6.07, 6.45) is 12.6. The number of hydrogen-bond acceptors (Lipinski definition) is 2. The Hall–Kier alpha value is -0.0800. The van der Waals surface area contributed by atoms with Gasteiger partial charge in [-0.2, -0.15) is 0 Å². The first-order valence-electron chi connectivity index (χ1n) is 6.64. The number of unbranched alkanes of at least 4 members (excludes halogenated alkanes) is 7. The molecular formula is C13H26O2. The summed E-state index contributed by atoms with van der Waals surface area (Å²) in [5.41, 5.74) is 0. The summed E-state index contributed by atoms with van der Waals surface area (Å²) >= 11 is 0. The van der Waals surface area contributed by atoms with Gasteiger partial charge in [-0.3, -0.25) is 0 Å². The number of ether oxygens (including phenoxy) is 1. The Kier molecular flexibility index (Phi) is 7.03. The van der Waals surface area contributed by atoms with Crippen molar-refractivity contribution in [3.05, 3.63) is 0 Å². The van der Waals surface area contributed by atoms with Crippen LogP contribution in [0.1, 0.15) is 64.7 Å². The molecule has 0 amide bonds. The van der Waals surface area contributed by atoms with E-state index >= 15 is 0 Å². The number of aliphatic hydroxyl groups excluding tert-OH is 1. The second kappa shape index (κ2) is 8.12. The average molecular weight is 214 g/mol. The van der Waals surface area contributed by atoms with E-state index in [4.69, 9.17) is 9.84 Å². The van der Waals surface area contributed by atoms with Crippen molar-refractivity contribution in [2.75, 3.05) is 6.61 Å². The van der Waals surface area contributed by atoms with E-state index in [2.05, 4.69) is 6.92 Å². The van der Waals surface area contributed by atoms with E-state index < -0.39 is 0 Å². The molecule has 0 bridgehead atoms. The van der Waals surface area contributed by atoms with Crippen molar-refractivity contribution >= 4 is 0 Å². The second-order valence-electron chi connectivity index (χ2n) is 4.66. The normalized spacial score (nSPS) is 24.4. The van der Waals surface area contributed by atoms with Gasteiger partial charge in [-0.25, -0.2) is 0 Å². The van der Waals surface area contributed by atoms with Gasteiger partial charge >= 0.3 is 0 Å². The molecule has 1 aliphatic heterocycles. The van der Waals surface area contributed by atoms with Crippen molar-refractivity contribution < 1.29 is 9.84 Å². The van der Waals surface area contributed by atoms with Gasteiger partial charge in [0.05, 0.1) is 12.7 Å². The Morgan fingerprint density at radius 3 is 2.00 bits per heavy atom. The first-order chi connectivity index (χ1) is 7.38. The van der Waals surface area contributed by atoms with Crippen molar-refractivity contribution in [2.45, 2.75) is 76.9 Å². The molecule has 0 aliphatic carbocycles. The highest BCUT2D eigenvalue weighted by molar-refractivity contribution is 4.83. The van der Waals surface area contributed by atoms with Crippen LogP contribution in [0.4, 0.5) is 0 Å². The molecule has 1 N–H and O–H groups in total. The van der Waals surface area contributed by atoms with Crippen LogP contribution in [-0.2, 0) is 4.74 Å². The van der Waals surface area contributed by atoms with Gasteiger partial charge in [0.25, 0.3) is 0 Å². The monoisotopic (exact) mass is 214 g/mol.